The second-order valence-electron chi connectivity index (χ2n) is 7.37. The number of aromatic nitrogens is 2. The number of rotatable bonds is 7. The number of carboxylic acids is 1. The Hall–Kier alpha value is -2.24. The molecule has 1 atom stereocenters. The van der Waals surface area contributed by atoms with Crippen LogP contribution in [0.3, 0.4) is 0 Å². The summed E-state index contributed by atoms with van der Waals surface area (Å²) in [5, 5.41) is 14.0. The number of ether oxygens (including phenoxy) is 2. The van der Waals surface area contributed by atoms with E-state index < -0.39 is 12.1 Å². The third-order valence-electron chi connectivity index (χ3n) is 4.68. The zero-order chi connectivity index (χ0) is 24.4. The van der Waals surface area contributed by atoms with Crippen molar-refractivity contribution in [2.24, 2.45) is 5.10 Å². The van der Waals surface area contributed by atoms with Crippen molar-refractivity contribution in [3.05, 3.63) is 59.4 Å². The van der Waals surface area contributed by atoms with Crippen molar-refractivity contribution < 1.29 is 19.4 Å². The molecule has 33 heavy (non-hydrogen) atoms. The van der Waals surface area contributed by atoms with Gasteiger partial charge in [-0.25, -0.2) is 9.78 Å². The van der Waals surface area contributed by atoms with Gasteiger partial charge < -0.3 is 14.6 Å². The molecule has 1 N–H and O–H groups in total. The second kappa shape index (κ2) is 10.4. The SMILES string of the molecule is COc1cc(C=Nn2c(C(C)C)nc3ccc(Br)cc3c2=O)c(Br)c(Br)c1O[C@@H](C)C(=O)O. The summed E-state index contributed by atoms with van der Waals surface area (Å²) in [5.41, 5.74) is 0.877. The molecule has 0 radical (unpaired) electrons. The Bertz CT molecular complexity index is 1320. The molecule has 11 heteroatoms. The number of nitrogens with zero attached hydrogens (tertiary/aromatic N) is 3. The van der Waals surface area contributed by atoms with Crippen LogP contribution in [0, 0.1) is 0 Å². The van der Waals surface area contributed by atoms with Gasteiger partial charge in [0.25, 0.3) is 5.56 Å². The summed E-state index contributed by atoms with van der Waals surface area (Å²) in [6.07, 6.45) is 0.414. The van der Waals surface area contributed by atoms with Crippen molar-refractivity contribution in [2.75, 3.05) is 7.11 Å². The zero-order valence-corrected chi connectivity index (χ0v) is 22.9. The summed E-state index contributed by atoms with van der Waals surface area (Å²) in [6.45, 7) is 5.29. The summed E-state index contributed by atoms with van der Waals surface area (Å²) >= 11 is 10.3. The minimum Gasteiger partial charge on any atom is -0.493 e. The monoisotopic (exact) mass is 643 g/mol. The lowest BCUT2D eigenvalue weighted by Gasteiger charge is -2.17. The van der Waals surface area contributed by atoms with E-state index in [-0.39, 0.29) is 17.2 Å². The van der Waals surface area contributed by atoms with Gasteiger partial charge in [0.1, 0.15) is 5.82 Å². The quantitative estimate of drug-likeness (QED) is 0.338. The highest BCUT2D eigenvalue weighted by atomic mass is 79.9. The molecule has 0 saturated heterocycles. The van der Waals surface area contributed by atoms with Crippen LogP contribution in [0.25, 0.3) is 10.9 Å². The van der Waals surface area contributed by atoms with Crippen LogP contribution in [0.2, 0.25) is 0 Å². The van der Waals surface area contributed by atoms with Crippen molar-refractivity contribution in [1.29, 1.82) is 0 Å². The van der Waals surface area contributed by atoms with Crippen molar-refractivity contribution in [1.82, 2.24) is 9.66 Å². The first kappa shape index (κ1) is 25.4. The summed E-state index contributed by atoms with van der Waals surface area (Å²) in [7, 11) is 1.45. The molecular weight excluding hydrogens is 626 g/mol. The van der Waals surface area contributed by atoms with Gasteiger partial charge in [-0.1, -0.05) is 29.8 Å². The highest BCUT2D eigenvalue weighted by Gasteiger charge is 2.22. The number of aliphatic carboxylic acids is 1. The number of benzene rings is 2. The Morgan fingerprint density at radius 2 is 1.88 bits per heavy atom. The van der Waals surface area contributed by atoms with E-state index >= 15 is 0 Å². The number of halogens is 3. The Balaban J connectivity index is 2.14. The number of fused-ring (bicyclic) bond motifs is 1. The van der Waals surface area contributed by atoms with Gasteiger partial charge in [-0.15, -0.1) is 0 Å². The molecule has 0 unspecified atom stereocenters. The van der Waals surface area contributed by atoms with Gasteiger partial charge in [0, 0.05) is 20.4 Å². The topological polar surface area (TPSA) is 103 Å². The van der Waals surface area contributed by atoms with E-state index in [1.165, 1.54) is 24.9 Å². The molecule has 0 aliphatic carbocycles. The summed E-state index contributed by atoms with van der Waals surface area (Å²) < 4.78 is 14.0. The minimum atomic E-state index is -1.11. The predicted molar refractivity (Wildman–Crippen MR) is 137 cm³/mol. The van der Waals surface area contributed by atoms with Crippen LogP contribution >= 0.6 is 47.8 Å². The molecule has 2 aromatic carbocycles. The Morgan fingerprint density at radius 1 is 1.18 bits per heavy atom. The van der Waals surface area contributed by atoms with Gasteiger partial charge >= 0.3 is 5.97 Å². The fourth-order valence-corrected chi connectivity index (χ4v) is 4.23. The van der Waals surface area contributed by atoms with Gasteiger partial charge in [0.2, 0.25) is 0 Å². The van der Waals surface area contributed by atoms with Gasteiger partial charge in [0.15, 0.2) is 17.6 Å². The number of carboxylic acid groups (broad SMARTS) is 1. The lowest BCUT2D eigenvalue weighted by atomic mass is 10.2. The molecule has 0 bridgehead atoms. The first-order valence-corrected chi connectivity index (χ1v) is 12.1. The Morgan fingerprint density at radius 3 is 2.48 bits per heavy atom. The fourth-order valence-electron chi connectivity index (χ4n) is 2.96. The average molecular weight is 646 g/mol. The van der Waals surface area contributed by atoms with Crippen LogP contribution in [0.4, 0.5) is 0 Å². The lowest BCUT2D eigenvalue weighted by molar-refractivity contribution is -0.144. The fraction of sp³-hybridized carbons (Fsp3) is 0.273. The first-order valence-electron chi connectivity index (χ1n) is 9.77. The average Bonchev–Trinajstić information content (AvgIpc) is 2.77. The molecule has 0 aliphatic rings. The maximum absolute atomic E-state index is 13.2. The number of hydrogen-bond acceptors (Lipinski definition) is 6. The van der Waals surface area contributed by atoms with Crippen molar-refractivity contribution in [2.45, 2.75) is 32.8 Å². The van der Waals surface area contributed by atoms with E-state index in [4.69, 9.17) is 14.6 Å². The molecule has 3 aromatic rings. The van der Waals surface area contributed by atoms with Gasteiger partial charge in [-0.3, -0.25) is 4.79 Å². The van der Waals surface area contributed by atoms with Crippen LogP contribution in [0.5, 0.6) is 11.5 Å². The number of methoxy groups -OCH3 is 1. The molecule has 1 aromatic heterocycles. The summed E-state index contributed by atoms with van der Waals surface area (Å²) in [4.78, 5) is 29.0. The van der Waals surface area contributed by atoms with E-state index in [0.29, 0.717) is 37.0 Å². The zero-order valence-electron chi connectivity index (χ0n) is 18.1. The maximum atomic E-state index is 13.2. The third kappa shape index (κ3) is 5.30. The van der Waals surface area contributed by atoms with E-state index in [1.807, 2.05) is 19.9 Å². The second-order valence-corrected chi connectivity index (χ2v) is 9.87. The molecular formula is C22H20Br3N3O5. The normalized spacial score (nSPS) is 12.5. The smallest absolute Gasteiger partial charge is 0.344 e. The molecule has 3 rings (SSSR count). The first-order chi connectivity index (χ1) is 15.5. The largest absolute Gasteiger partial charge is 0.493 e. The van der Waals surface area contributed by atoms with Crippen molar-refractivity contribution >= 4 is 70.9 Å². The van der Waals surface area contributed by atoms with Gasteiger partial charge in [-0.05, 0) is 63.0 Å². The van der Waals surface area contributed by atoms with Gasteiger partial charge in [0.05, 0.1) is 28.7 Å². The van der Waals surface area contributed by atoms with Crippen LogP contribution in [0.15, 0.2) is 47.6 Å². The summed E-state index contributed by atoms with van der Waals surface area (Å²) in [5.74, 6) is -0.114. The standard InChI is InChI=1S/C22H20Br3N3O5/c1-10(2)20-27-15-6-5-13(23)8-14(15)21(29)28(20)26-9-12-7-16(32-4)19(18(25)17(12)24)33-11(3)22(30)31/h5-11H,1-4H3,(H,30,31)/t11-/m0/s1. The maximum Gasteiger partial charge on any atom is 0.344 e. The van der Waals surface area contributed by atoms with Crippen LogP contribution < -0.4 is 15.0 Å². The van der Waals surface area contributed by atoms with Crippen molar-refractivity contribution in [3.63, 3.8) is 0 Å². The molecule has 0 aliphatic heterocycles. The van der Waals surface area contributed by atoms with Crippen LogP contribution in [-0.4, -0.2) is 40.2 Å². The number of carbonyl (C=O) groups is 1. The highest BCUT2D eigenvalue weighted by Crippen LogP contribution is 2.42. The minimum absolute atomic E-state index is 0.0547. The van der Waals surface area contributed by atoms with Crippen molar-refractivity contribution in [3.8, 4) is 11.5 Å². The molecule has 0 amide bonds. The molecule has 0 spiro atoms. The van der Waals surface area contributed by atoms with Crippen LogP contribution in [-0.2, 0) is 4.79 Å². The third-order valence-corrected chi connectivity index (χ3v) is 7.32. The molecule has 8 nitrogen and oxygen atoms in total. The van der Waals surface area contributed by atoms with E-state index in [1.54, 1.807) is 18.2 Å². The molecule has 174 valence electrons. The highest BCUT2D eigenvalue weighted by molar-refractivity contribution is 9.13. The Kier molecular flexibility index (Phi) is 7.96. The van der Waals surface area contributed by atoms with E-state index in [9.17, 15) is 9.59 Å². The summed E-state index contributed by atoms with van der Waals surface area (Å²) in [6, 6.07) is 6.97. The Labute approximate surface area is 215 Å². The molecule has 1 heterocycles. The molecule has 0 fully saturated rings. The van der Waals surface area contributed by atoms with E-state index in [2.05, 4.69) is 57.9 Å². The lowest BCUT2D eigenvalue weighted by Crippen LogP contribution is -2.23. The van der Waals surface area contributed by atoms with E-state index in [0.717, 1.165) is 4.47 Å². The number of hydrogen-bond donors (Lipinski definition) is 1. The molecule has 0 saturated carbocycles. The predicted octanol–water partition coefficient (Wildman–Crippen LogP) is 5.55. The van der Waals surface area contributed by atoms with Gasteiger partial charge in [-0.2, -0.15) is 9.78 Å². The van der Waals surface area contributed by atoms with Crippen LogP contribution in [0.1, 0.15) is 38.1 Å².